The van der Waals surface area contributed by atoms with Gasteiger partial charge in [-0.15, -0.1) is 0 Å². The summed E-state index contributed by atoms with van der Waals surface area (Å²) in [5, 5.41) is 7.49. The molecule has 0 unspecified atom stereocenters. The Kier molecular flexibility index (Phi) is 3.17. The molecule has 0 saturated heterocycles. The molecule has 2 nitrogen and oxygen atoms in total. The van der Waals surface area contributed by atoms with Crippen molar-refractivity contribution in [3.8, 4) is 0 Å². The molecule has 2 heteroatoms. The Hall–Kier alpha value is -3.91. The highest BCUT2D eigenvalue weighted by molar-refractivity contribution is 6.21. The summed E-state index contributed by atoms with van der Waals surface area (Å²) >= 11 is 0. The molecule has 0 N–H and O–H groups in total. The van der Waals surface area contributed by atoms with Crippen LogP contribution in [-0.2, 0) is 0 Å². The molecule has 31 heavy (non-hydrogen) atoms. The van der Waals surface area contributed by atoms with Crippen LogP contribution in [0.25, 0.3) is 59.9 Å². The Labute approximate surface area is 179 Å². The average molecular weight is 396 g/mol. The topological polar surface area (TPSA) is 17.3 Å². The second kappa shape index (κ2) is 5.83. The van der Waals surface area contributed by atoms with Crippen molar-refractivity contribution in [1.29, 1.82) is 0 Å². The van der Waals surface area contributed by atoms with Crippen molar-refractivity contribution >= 4 is 59.9 Å². The lowest BCUT2D eigenvalue weighted by Gasteiger charge is -2.15. The van der Waals surface area contributed by atoms with Gasteiger partial charge in [0.05, 0.1) is 27.6 Å². The van der Waals surface area contributed by atoms with Crippen molar-refractivity contribution in [1.82, 2.24) is 9.38 Å². The summed E-state index contributed by atoms with van der Waals surface area (Å²) in [4.78, 5) is 5.22. The Morgan fingerprint density at radius 3 is 2.13 bits per heavy atom. The first kappa shape index (κ1) is 16.8. The van der Waals surface area contributed by atoms with Crippen molar-refractivity contribution < 1.29 is 0 Å². The van der Waals surface area contributed by atoms with E-state index in [1.807, 2.05) is 0 Å². The summed E-state index contributed by atoms with van der Waals surface area (Å²) < 4.78 is 2.46. The Morgan fingerprint density at radius 1 is 0.613 bits per heavy atom. The standard InChI is InChI=1S/C29H20N2/c1-17-21-11-5-7-13-24(21)30-28-23-15-19-9-3-4-10-20(19)16-26(23)31-25-14-8-6-12-22(25)18(2)29(31)27(17)28/h3-16H,1-2H3. The van der Waals surface area contributed by atoms with E-state index in [2.05, 4.69) is 103 Å². The van der Waals surface area contributed by atoms with E-state index in [0.29, 0.717) is 0 Å². The fourth-order valence-electron chi connectivity index (χ4n) is 5.42. The first-order valence-electron chi connectivity index (χ1n) is 10.8. The first-order chi connectivity index (χ1) is 15.2. The summed E-state index contributed by atoms with van der Waals surface area (Å²) in [5.74, 6) is 0. The van der Waals surface area contributed by atoms with Crippen molar-refractivity contribution in [2.45, 2.75) is 13.8 Å². The third kappa shape index (κ3) is 2.09. The number of aromatic nitrogens is 2. The summed E-state index contributed by atoms with van der Waals surface area (Å²) in [5.41, 5.74) is 8.50. The molecule has 0 saturated carbocycles. The quantitative estimate of drug-likeness (QED) is 0.189. The fraction of sp³-hybridized carbons (Fsp3) is 0.0690. The van der Waals surface area contributed by atoms with Crippen molar-refractivity contribution in [3.05, 3.63) is 96.1 Å². The molecule has 146 valence electrons. The van der Waals surface area contributed by atoms with Gasteiger partial charge >= 0.3 is 0 Å². The lowest BCUT2D eigenvalue weighted by molar-refractivity contribution is 1.33. The molecule has 7 aromatic rings. The SMILES string of the molecule is Cc1c2ccccc2nc2c3cc4ccccc4cc3n3c4ccccc4c(C)c3c12. The van der Waals surface area contributed by atoms with E-state index in [4.69, 9.17) is 4.98 Å². The number of para-hydroxylation sites is 2. The number of pyridine rings is 2. The predicted octanol–water partition coefficient (Wildman–Crippen LogP) is 7.72. The third-order valence-corrected chi connectivity index (χ3v) is 6.88. The van der Waals surface area contributed by atoms with E-state index in [9.17, 15) is 0 Å². The smallest absolute Gasteiger partial charge is 0.0827 e. The van der Waals surface area contributed by atoms with Crippen LogP contribution in [0.5, 0.6) is 0 Å². The number of nitrogens with zero attached hydrogens (tertiary/aromatic N) is 2. The van der Waals surface area contributed by atoms with Crippen LogP contribution in [0.3, 0.4) is 0 Å². The normalized spacial score (nSPS) is 12.2. The number of rotatable bonds is 0. The molecule has 3 aromatic heterocycles. The van der Waals surface area contributed by atoms with E-state index < -0.39 is 0 Å². The van der Waals surface area contributed by atoms with Gasteiger partial charge in [0.1, 0.15) is 0 Å². The second-order valence-electron chi connectivity index (χ2n) is 8.52. The van der Waals surface area contributed by atoms with Gasteiger partial charge in [0.2, 0.25) is 0 Å². The van der Waals surface area contributed by atoms with Gasteiger partial charge in [0, 0.05) is 21.5 Å². The largest absolute Gasteiger partial charge is 0.308 e. The molecule has 0 atom stereocenters. The van der Waals surface area contributed by atoms with Crippen LogP contribution in [0.4, 0.5) is 0 Å². The molecule has 0 amide bonds. The number of aryl methyl sites for hydroxylation is 2. The Bertz CT molecular complexity index is 1850. The van der Waals surface area contributed by atoms with E-state index >= 15 is 0 Å². The summed E-state index contributed by atoms with van der Waals surface area (Å²) in [7, 11) is 0. The highest BCUT2D eigenvalue weighted by Crippen LogP contribution is 2.40. The summed E-state index contributed by atoms with van der Waals surface area (Å²) in [6.07, 6.45) is 0. The predicted molar refractivity (Wildman–Crippen MR) is 132 cm³/mol. The van der Waals surface area contributed by atoms with Crippen LogP contribution >= 0.6 is 0 Å². The molecule has 0 aliphatic rings. The molecule has 0 spiro atoms. The van der Waals surface area contributed by atoms with Crippen molar-refractivity contribution in [3.63, 3.8) is 0 Å². The molecule has 7 rings (SSSR count). The van der Waals surface area contributed by atoms with Gasteiger partial charge in [0.25, 0.3) is 0 Å². The van der Waals surface area contributed by atoms with Crippen molar-refractivity contribution in [2.24, 2.45) is 0 Å². The molecular formula is C29H20N2. The van der Waals surface area contributed by atoms with Crippen LogP contribution in [0.15, 0.2) is 84.9 Å². The number of benzene rings is 4. The third-order valence-electron chi connectivity index (χ3n) is 6.88. The molecule has 0 aliphatic heterocycles. The van der Waals surface area contributed by atoms with E-state index in [1.165, 1.54) is 60.0 Å². The van der Waals surface area contributed by atoms with E-state index in [0.717, 1.165) is 11.0 Å². The minimum absolute atomic E-state index is 1.06. The van der Waals surface area contributed by atoms with Gasteiger partial charge in [-0.2, -0.15) is 0 Å². The second-order valence-corrected chi connectivity index (χ2v) is 8.52. The van der Waals surface area contributed by atoms with Crippen LogP contribution in [-0.4, -0.2) is 9.38 Å². The minimum atomic E-state index is 1.06. The highest BCUT2D eigenvalue weighted by Gasteiger charge is 2.19. The zero-order chi connectivity index (χ0) is 20.7. The fourth-order valence-corrected chi connectivity index (χ4v) is 5.42. The van der Waals surface area contributed by atoms with Gasteiger partial charge in [-0.05, 0) is 60.0 Å². The van der Waals surface area contributed by atoms with Gasteiger partial charge in [0.15, 0.2) is 0 Å². The van der Waals surface area contributed by atoms with Gasteiger partial charge in [-0.3, -0.25) is 0 Å². The number of fused-ring (bicyclic) bond motifs is 10. The molecule has 0 radical (unpaired) electrons. The lowest BCUT2D eigenvalue weighted by Crippen LogP contribution is -1.96. The number of hydrogen-bond donors (Lipinski definition) is 0. The van der Waals surface area contributed by atoms with Crippen molar-refractivity contribution in [2.75, 3.05) is 0 Å². The Balaban J connectivity index is 1.91. The summed E-state index contributed by atoms with van der Waals surface area (Å²) in [6, 6.07) is 30.5. The number of hydrogen-bond acceptors (Lipinski definition) is 1. The maximum Gasteiger partial charge on any atom is 0.0827 e. The van der Waals surface area contributed by atoms with Crippen LogP contribution in [0.2, 0.25) is 0 Å². The van der Waals surface area contributed by atoms with Gasteiger partial charge < -0.3 is 4.40 Å². The molecule has 0 fully saturated rings. The Morgan fingerprint density at radius 2 is 1.29 bits per heavy atom. The molecular weight excluding hydrogens is 376 g/mol. The average Bonchev–Trinajstić information content (AvgIpc) is 3.11. The molecule has 0 bridgehead atoms. The van der Waals surface area contributed by atoms with E-state index in [1.54, 1.807) is 0 Å². The first-order valence-corrected chi connectivity index (χ1v) is 10.8. The molecule has 3 heterocycles. The van der Waals surface area contributed by atoms with Crippen LogP contribution in [0.1, 0.15) is 11.1 Å². The minimum Gasteiger partial charge on any atom is -0.308 e. The van der Waals surface area contributed by atoms with E-state index in [-0.39, 0.29) is 0 Å². The van der Waals surface area contributed by atoms with Crippen LogP contribution in [0, 0.1) is 13.8 Å². The lowest BCUT2D eigenvalue weighted by atomic mass is 9.98. The van der Waals surface area contributed by atoms with Gasteiger partial charge in [-0.1, -0.05) is 60.7 Å². The highest BCUT2D eigenvalue weighted by atomic mass is 14.9. The van der Waals surface area contributed by atoms with Crippen LogP contribution < -0.4 is 0 Å². The van der Waals surface area contributed by atoms with Gasteiger partial charge in [-0.25, -0.2) is 4.98 Å². The maximum atomic E-state index is 5.22. The zero-order valence-electron chi connectivity index (χ0n) is 17.5. The molecule has 4 aromatic carbocycles. The molecule has 0 aliphatic carbocycles. The monoisotopic (exact) mass is 396 g/mol. The maximum absolute atomic E-state index is 5.22. The zero-order valence-corrected chi connectivity index (χ0v) is 17.5. The summed E-state index contributed by atoms with van der Waals surface area (Å²) in [6.45, 7) is 4.49.